The van der Waals surface area contributed by atoms with Gasteiger partial charge in [0.1, 0.15) is 0 Å². The van der Waals surface area contributed by atoms with E-state index >= 15 is 0 Å². The van der Waals surface area contributed by atoms with Crippen molar-refractivity contribution in [2.24, 2.45) is 0 Å². The van der Waals surface area contributed by atoms with E-state index in [-0.39, 0.29) is 10.3 Å². The smallest absolute Gasteiger partial charge is 0.270 e. The molecule has 0 aliphatic rings. The summed E-state index contributed by atoms with van der Waals surface area (Å²) in [6, 6.07) is 6.39. The van der Waals surface area contributed by atoms with Crippen molar-refractivity contribution in [1.82, 2.24) is 0 Å². The summed E-state index contributed by atoms with van der Waals surface area (Å²) in [6.45, 7) is 4.00. The minimum absolute atomic E-state index is 0. The van der Waals surface area contributed by atoms with Crippen LogP contribution in [0.5, 0.6) is 0 Å². The highest BCUT2D eigenvalue weighted by molar-refractivity contribution is 5.45. The van der Waals surface area contributed by atoms with Gasteiger partial charge in [-0.1, -0.05) is 38.3 Å². The predicted octanol–water partition coefficient (Wildman–Crippen LogP) is 4.94. The minimum Gasteiger partial charge on any atom is -0.385 e. The molecule has 0 fully saturated rings. The number of halogens is 3. The van der Waals surface area contributed by atoms with Crippen molar-refractivity contribution in [3.8, 4) is 0 Å². The molecule has 0 atom stereocenters. The number of hydrogen-bond acceptors (Lipinski definition) is 1. The third-order valence-electron chi connectivity index (χ3n) is 2.75. The minimum atomic E-state index is -2.75. The van der Waals surface area contributed by atoms with Crippen LogP contribution in [-0.2, 0) is 5.92 Å². The summed E-state index contributed by atoms with van der Waals surface area (Å²) in [4.78, 5) is 0. The van der Waals surface area contributed by atoms with Gasteiger partial charge in [-0.05, 0) is 18.6 Å². The van der Waals surface area contributed by atoms with Gasteiger partial charge in [0.05, 0.1) is 0 Å². The molecule has 104 valence electrons. The molecule has 1 aromatic rings. The number of benzene rings is 1. The molecule has 18 heavy (non-hydrogen) atoms. The fourth-order valence-corrected chi connectivity index (χ4v) is 1.67. The Kier molecular flexibility index (Phi) is 7.48. The van der Waals surface area contributed by atoms with E-state index in [1.165, 1.54) is 31.4 Å². The zero-order valence-electron chi connectivity index (χ0n) is 11.0. The van der Waals surface area contributed by atoms with Gasteiger partial charge in [0.25, 0.3) is 5.92 Å². The zero-order chi connectivity index (χ0) is 12.7. The van der Waals surface area contributed by atoms with E-state index in [9.17, 15) is 8.78 Å². The monoisotopic (exact) mass is 261 g/mol. The fourth-order valence-electron chi connectivity index (χ4n) is 1.67. The van der Waals surface area contributed by atoms with Gasteiger partial charge in [-0.15, -0.1) is 0 Å². The van der Waals surface area contributed by atoms with Gasteiger partial charge in [-0.25, -0.2) is 8.78 Å². The molecule has 0 saturated heterocycles. The van der Waals surface area contributed by atoms with Crippen LogP contribution in [0.4, 0.5) is 19.2 Å². The standard InChI is InChI=1S/C14H21F2N.FH/c1-3-4-5-6-11-17-13-9-7-12(8-10-13)14(2,15)16;/h7-10,17H,3-6,11H2,1-2H3;1H. The van der Waals surface area contributed by atoms with E-state index in [4.69, 9.17) is 0 Å². The van der Waals surface area contributed by atoms with Crippen LogP contribution >= 0.6 is 0 Å². The van der Waals surface area contributed by atoms with Crippen LogP contribution in [-0.4, -0.2) is 6.54 Å². The molecule has 0 aliphatic heterocycles. The molecule has 1 N–H and O–H groups in total. The second kappa shape index (κ2) is 8.01. The van der Waals surface area contributed by atoms with Crippen molar-refractivity contribution in [1.29, 1.82) is 0 Å². The summed E-state index contributed by atoms with van der Waals surface area (Å²) >= 11 is 0. The molecule has 0 heterocycles. The first kappa shape index (κ1) is 16.8. The van der Waals surface area contributed by atoms with Crippen LogP contribution in [0.1, 0.15) is 45.1 Å². The molecule has 0 saturated carbocycles. The van der Waals surface area contributed by atoms with E-state index in [0.29, 0.717) is 0 Å². The molecule has 0 aromatic heterocycles. The summed E-state index contributed by atoms with van der Waals surface area (Å²) in [5.41, 5.74) is 0.975. The van der Waals surface area contributed by atoms with Crippen LogP contribution in [0, 0.1) is 0 Å². The number of unbranched alkanes of at least 4 members (excludes halogenated alkanes) is 3. The summed E-state index contributed by atoms with van der Waals surface area (Å²) in [6.07, 6.45) is 4.82. The van der Waals surface area contributed by atoms with E-state index in [1.807, 2.05) is 0 Å². The number of anilines is 1. The van der Waals surface area contributed by atoms with Gasteiger partial charge in [-0.2, -0.15) is 0 Å². The molecule has 0 aliphatic carbocycles. The van der Waals surface area contributed by atoms with Gasteiger partial charge in [0.15, 0.2) is 0 Å². The van der Waals surface area contributed by atoms with E-state index in [0.717, 1.165) is 25.6 Å². The highest BCUT2D eigenvalue weighted by Crippen LogP contribution is 2.27. The number of alkyl halides is 2. The molecule has 0 radical (unpaired) electrons. The molecular formula is C14H22F3N. The first-order chi connectivity index (χ1) is 8.04. The Labute approximate surface area is 107 Å². The van der Waals surface area contributed by atoms with Gasteiger partial charge < -0.3 is 5.32 Å². The van der Waals surface area contributed by atoms with Gasteiger partial charge >= 0.3 is 0 Å². The summed E-state index contributed by atoms with van der Waals surface area (Å²) in [7, 11) is 0. The Bertz CT molecular complexity index is 317. The van der Waals surface area contributed by atoms with Crippen molar-refractivity contribution >= 4 is 5.69 Å². The molecule has 0 spiro atoms. The van der Waals surface area contributed by atoms with Crippen LogP contribution in [0.15, 0.2) is 24.3 Å². The normalized spacial score (nSPS) is 10.9. The summed E-state index contributed by atoms with van der Waals surface area (Å²) < 4.78 is 25.9. The van der Waals surface area contributed by atoms with Gasteiger partial charge in [0, 0.05) is 24.7 Å². The SMILES string of the molecule is CCCCCCNc1ccc(C(C)(F)F)cc1.F. The van der Waals surface area contributed by atoms with Crippen LogP contribution in [0.25, 0.3) is 0 Å². The van der Waals surface area contributed by atoms with E-state index in [2.05, 4.69) is 12.2 Å². The highest BCUT2D eigenvalue weighted by Gasteiger charge is 2.23. The lowest BCUT2D eigenvalue weighted by atomic mass is 10.1. The van der Waals surface area contributed by atoms with Crippen LogP contribution in [0.3, 0.4) is 0 Å². The van der Waals surface area contributed by atoms with E-state index < -0.39 is 5.92 Å². The van der Waals surface area contributed by atoms with E-state index in [1.54, 1.807) is 12.1 Å². The zero-order valence-corrected chi connectivity index (χ0v) is 11.0. The molecule has 1 nitrogen and oxygen atoms in total. The lowest BCUT2D eigenvalue weighted by Gasteiger charge is -2.12. The van der Waals surface area contributed by atoms with Crippen LogP contribution in [0.2, 0.25) is 0 Å². The lowest BCUT2D eigenvalue weighted by Crippen LogP contribution is -2.07. The number of rotatable bonds is 7. The second-order valence-corrected chi connectivity index (χ2v) is 4.45. The number of nitrogens with one attached hydrogen (secondary N) is 1. The molecule has 4 heteroatoms. The third-order valence-corrected chi connectivity index (χ3v) is 2.75. The molecule has 1 rings (SSSR count). The first-order valence-electron chi connectivity index (χ1n) is 6.26. The Morgan fingerprint density at radius 3 is 2.17 bits per heavy atom. The Hall–Kier alpha value is -1.19. The van der Waals surface area contributed by atoms with Crippen molar-refractivity contribution < 1.29 is 13.5 Å². The molecule has 0 unspecified atom stereocenters. The average Bonchev–Trinajstić information content (AvgIpc) is 2.28. The largest absolute Gasteiger partial charge is 0.385 e. The van der Waals surface area contributed by atoms with Crippen molar-refractivity contribution in [3.05, 3.63) is 29.8 Å². The Morgan fingerprint density at radius 1 is 1.06 bits per heavy atom. The lowest BCUT2D eigenvalue weighted by molar-refractivity contribution is 0.0175. The predicted molar refractivity (Wildman–Crippen MR) is 71.1 cm³/mol. The average molecular weight is 261 g/mol. The summed E-state index contributed by atoms with van der Waals surface area (Å²) in [5.74, 6) is -2.75. The maximum atomic E-state index is 13.0. The first-order valence-corrected chi connectivity index (χ1v) is 6.26. The molecular weight excluding hydrogens is 239 g/mol. The molecule has 0 amide bonds. The van der Waals surface area contributed by atoms with Gasteiger partial charge in [-0.3, -0.25) is 4.70 Å². The number of hydrogen-bond donors (Lipinski definition) is 1. The Morgan fingerprint density at radius 2 is 1.67 bits per heavy atom. The Balaban J connectivity index is 0.00000289. The highest BCUT2D eigenvalue weighted by atomic mass is 19.3. The van der Waals surface area contributed by atoms with Crippen molar-refractivity contribution in [3.63, 3.8) is 0 Å². The topological polar surface area (TPSA) is 12.0 Å². The van der Waals surface area contributed by atoms with Crippen molar-refractivity contribution in [2.45, 2.75) is 45.5 Å². The molecule has 1 aromatic carbocycles. The fraction of sp³-hybridized carbons (Fsp3) is 0.571. The van der Waals surface area contributed by atoms with Crippen molar-refractivity contribution in [2.75, 3.05) is 11.9 Å². The third kappa shape index (κ3) is 5.94. The maximum absolute atomic E-state index is 13.0. The van der Waals surface area contributed by atoms with Gasteiger partial charge in [0.2, 0.25) is 0 Å². The quantitative estimate of drug-likeness (QED) is 0.685. The van der Waals surface area contributed by atoms with Crippen LogP contribution < -0.4 is 5.32 Å². The maximum Gasteiger partial charge on any atom is 0.270 e. The summed E-state index contributed by atoms with van der Waals surface area (Å²) in [5, 5.41) is 3.24. The molecule has 0 bridgehead atoms. The second-order valence-electron chi connectivity index (χ2n) is 4.45.